The van der Waals surface area contributed by atoms with Gasteiger partial charge in [0.1, 0.15) is 25.4 Å². The summed E-state index contributed by atoms with van der Waals surface area (Å²) in [7, 11) is 1.71. The Labute approximate surface area is 244 Å². The highest BCUT2D eigenvalue weighted by atomic mass is 16.5. The number of morpholine rings is 1. The molecule has 2 aliphatic carbocycles. The van der Waals surface area contributed by atoms with E-state index in [-0.39, 0.29) is 28.3 Å². The summed E-state index contributed by atoms with van der Waals surface area (Å²) in [5.74, 6) is 0.798. The van der Waals surface area contributed by atoms with Crippen LogP contribution >= 0.6 is 0 Å². The number of para-hydroxylation sites is 1. The molecule has 1 N–H and O–H groups in total. The highest BCUT2D eigenvalue weighted by molar-refractivity contribution is 6.08. The van der Waals surface area contributed by atoms with Gasteiger partial charge < -0.3 is 19.3 Å². The van der Waals surface area contributed by atoms with Gasteiger partial charge in [0.15, 0.2) is 11.6 Å². The molecule has 4 aliphatic rings. The summed E-state index contributed by atoms with van der Waals surface area (Å²) in [5.41, 5.74) is 6.55. The summed E-state index contributed by atoms with van der Waals surface area (Å²) in [6, 6.07) is 16.6. The van der Waals surface area contributed by atoms with Crippen LogP contribution in [0.1, 0.15) is 70.4 Å². The third kappa shape index (κ3) is 5.28. The van der Waals surface area contributed by atoms with Gasteiger partial charge in [0, 0.05) is 52.6 Å². The molecule has 2 aromatic carbocycles. The number of ether oxygens (including phenoxy) is 2. The Hall–Kier alpha value is -3.22. The van der Waals surface area contributed by atoms with Crippen LogP contribution in [0, 0.1) is 10.8 Å². The Kier molecular flexibility index (Phi) is 7.19. The lowest BCUT2D eigenvalue weighted by Crippen LogP contribution is -3.12. The van der Waals surface area contributed by atoms with Crippen molar-refractivity contribution in [1.29, 1.82) is 0 Å². The van der Waals surface area contributed by atoms with Crippen molar-refractivity contribution < 1.29 is 24.0 Å². The molecule has 0 atom stereocenters. The number of nitrogens with one attached hydrogen (secondary N) is 1. The molecule has 0 radical (unpaired) electrons. The number of nitrogens with zero attached hydrogens (tertiary/aromatic N) is 1. The Morgan fingerprint density at radius 3 is 2.00 bits per heavy atom. The van der Waals surface area contributed by atoms with Gasteiger partial charge in [-0.2, -0.15) is 0 Å². The molecule has 0 aromatic heterocycles. The minimum Gasteiger partial charge on any atom is -0.496 e. The van der Waals surface area contributed by atoms with Gasteiger partial charge in [-0.15, -0.1) is 0 Å². The predicted molar refractivity (Wildman–Crippen MR) is 160 cm³/mol. The standard InChI is InChI=1S/C35H42N2O4/c1-34(2)18-26-32(28(38)20-34)31(23-11-12-30(40-5)24(17-23)22-36-13-15-41-16-14-36)33-27(19-35(3,4)21-29(33)39)37(26)25-9-7-6-8-10-25/h6-12,17,31H,13-16,18-22H2,1-5H3/p+1. The zero-order valence-electron chi connectivity index (χ0n) is 25.1. The fourth-order valence-electron chi connectivity index (χ4n) is 7.41. The second-order valence-corrected chi connectivity index (χ2v) is 13.8. The molecule has 0 saturated carbocycles. The van der Waals surface area contributed by atoms with Gasteiger partial charge >= 0.3 is 0 Å². The van der Waals surface area contributed by atoms with E-state index in [1.807, 2.05) is 24.3 Å². The summed E-state index contributed by atoms with van der Waals surface area (Å²) >= 11 is 0. The second kappa shape index (κ2) is 10.6. The van der Waals surface area contributed by atoms with Gasteiger partial charge in [-0.05, 0) is 53.5 Å². The number of rotatable bonds is 5. The molecule has 0 bridgehead atoms. The summed E-state index contributed by atoms with van der Waals surface area (Å²) in [5, 5.41) is 0. The minimum absolute atomic E-state index is 0.155. The number of ketones is 2. The maximum atomic E-state index is 14.2. The molecule has 0 amide bonds. The molecule has 2 heterocycles. The van der Waals surface area contributed by atoms with Crippen molar-refractivity contribution >= 4 is 17.3 Å². The molecular weight excluding hydrogens is 512 g/mol. The molecular formula is C35H43N2O4+. The van der Waals surface area contributed by atoms with Crippen molar-refractivity contribution in [2.75, 3.05) is 38.3 Å². The summed E-state index contributed by atoms with van der Waals surface area (Å²) < 4.78 is 11.4. The van der Waals surface area contributed by atoms with Gasteiger partial charge in [-0.25, -0.2) is 0 Å². The summed E-state index contributed by atoms with van der Waals surface area (Å²) in [6.45, 7) is 13.0. The van der Waals surface area contributed by atoms with Crippen LogP contribution in [-0.4, -0.2) is 45.0 Å². The van der Waals surface area contributed by atoms with Crippen LogP contribution < -0.4 is 14.5 Å². The number of quaternary nitrogens is 1. The summed E-state index contributed by atoms with van der Waals surface area (Å²) in [4.78, 5) is 32.1. The lowest BCUT2D eigenvalue weighted by atomic mass is 9.63. The molecule has 41 heavy (non-hydrogen) atoms. The fraction of sp³-hybridized carbons (Fsp3) is 0.486. The van der Waals surface area contributed by atoms with E-state index in [1.165, 1.54) is 4.90 Å². The highest BCUT2D eigenvalue weighted by Crippen LogP contribution is 2.55. The largest absolute Gasteiger partial charge is 0.496 e. The van der Waals surface area contributed by atoms with Crippen LogP contribution in [0.3, 0.4) is 0 Å². The lowest BCUT2D eigenvalue weighted by molar-refractivity contribution is -0.921. The quantitative estimate of drug-likeness (QED) is 0.563. The van der Waals surface area contributed by atoms with Gasteiger partial charge in [0.05, 0.1) is 20.3 Å². The molecule has 1 fully saturated rings. The normalized spacial score (nSPS) is 23.0. The average Bonchev–Trinajstić information content (AvgIpc) is 2.91. The predicted octanol–water partition coefficient (Wildman–Crippen LogP) is 5.00. The third-order valence-electron chi connectivity index (χ3n) is 9.20. The number of hydrogen-bond acceptors (Lipinski definition) is 5. The molecule has 216 valence electrons. The van der Waals surface area contributed by atoms with Crippen LogP contribution in [0.2, 0.25) is 0 Å². The molecule has 1 saturated heterocycles. The van der Waals surface area contributed by atoms with E-state index in [0.29, 0.717) is 12.8 Å². The highest BCUT2D eigenvalue weighted by Gasteiger charge is 2.49. The second-order valence-electron chi connectivity index (χ2n) is 13.8. The smallest absolute Gasteiger partial charge is 0.162 e. The number of benzene rings is 2. The third-order valence-corrected chi connectivity index (χ3v) is 9.20. The average molecular weight is 556 g/mol. The van der Waals surface area contributed by atoms with Crippen LogP contribution in [-0.2, 0) is 20.9 Å². The van der Waals surface area contributed by atoms with Crippen LogP contribution in [0.15, 0.2) is 71.1 Å². The molecule has 0 spiro atoms. The zero-order chi connectivity index (χ0) is 28.9. The molecule has 2 aromatic rings. The van der Waals surface area contributed by atoms with E-state index in [4.69, 9.17) is 9.47 Å². The first kappa shape index (κ1) is 27.9. The van der Waals surface area contributed by atoms with E-state index in [2.05, 4.69) is 56.9 Å². The topological polar surface area (TPSA) is 60.3 Å². The first-order valence-electron chi connectivity index (χ1n) is 15.0. The van der Waals surface area contributed by atoms with Gasteiger partial charge in [-0.1, -0.05) is 52.0 Å². The monoisotopic (exact) mass is 555 g/mol. The minimum atomic E-state index is -0.364. The van der Waals surface area contributed by atoms with Gasteiger partial charge in [-0.3, -0.25) is 9.59 Å². The van der Waals surface area contributed by atoms with Gasteiger partial charge in [0.25, 0.3) is 0 Å². The van der Waals surface area contributed by atoms with Crippen molar-refractivity contribution in [2.24, 2.45) is 10.8 Å². The number of carbonyl (C=O) groups excluding carboxylic acids is 2. The number of methoxy groups -OCH3 is 1. The fourth-order valence-corrected chi connectivity index (χ4v) is 7.41. The van der Waals surface area contributed by atoms with Crippen LogP contribution in [0.4, 0.5) is 5.69 Å². The van der Waals surface area contributed by atoms with Crippen LogP contribution in [0.25, 0.3) is 0 Å². The zero-order valence-corrected chi connectivity index (χ0v) is 25.1. The molecule has 0 unspecified atom stereocenters. The van der Waals surface area contributed by atoms with Crippen LogP contribution in [0.5, 0.6) is 5.75 Å². The maximum Gasteiger partial charge on any atom is 0.162 e. The SMILES string of the molecule is COc1ccc(C2C3=C(CC(C)(C)CC3=O)N(c3ccccc3)C3=C2C(=O)CC(C)(C)C3)cc1C[NH+]1CCOCC1. The molecule has 6 heteroatoms. The van der Waals surface area contributed by atoms with Gasteiger partial charge in [0.2, 0.25) is 0 Å². The van der Waals surface area contributed by atoms with Crippen molar-refractivity contribution in [3.05, 3.63) is 82.2 Å². The van der Waals surface area contributed by atoms with E-state index >= 15 is 0 Å². The maximum absolute atomic E-state index is 14.2. The first-order chi connectivity index (χ1) is 19.6. The van der Waals surface area contributed by atoms with E-state index < -0.39 is 0 Å². The number of hydrogen-bond donors (Lipinski definition) is 1. The Morgan fingerprint density at radius 2 is 1.44 bits per heavy atom. The van der Waals surface area contributed by atoms with Crippen molar-refractivity contribution in [3.8, 4) is 5.75 Å². The van der Waals surface area contributed by atoms with E-state index in [1.54, 1.807) is 7.11 Å². The van der Waals surface area contributed by atoms with Crippen molar-refractivity contribution in [3.63, 3.8) is 0 Å². The molecule has 2 aliphatic heterocycles. The Bertz CT molecular complexity index is 1380. The van der Waals surface area contributed by atoms with Crippen molar-refractivity contribution in [1.82, 2.24) is 0 Å². The summed E-state index contributed by atoms with van der Waals surface area (Å²) in [6.07, 6.45) is 2.53. The Morgan fingerprint density at radius 1 is 0.854 bits per heavy atom. The first-order valence-corrected chi connectivity index (χ1v) is 15.0. The number of allylic oxidation sites excluding steroid dienone is 4. The number of Topliss-reactive ketones (excluding diaryl/α,β-unsaturated/α-hetero) is 2. The van der Waals surface area contributed by atoms with E-state index in [0.717, 1.165) is 90.8 Å². The Balaban J connectivity index is 1.56. The molecule has 6 nitrogen and oxygen atoms in total. The number of carbonyl (C=O) groups is 2. The number of anilines is 1. The lowest BCUT2D eigenvalue weighted by Gasteiger charge is -2.49. The van der Waals surface area contributed by atoms with Crippen molar-refractivity contribution in [2.45, 2.75) is 65.8 Å². The molecule has 6 rings (SSSR count). The van der Waals surface area contributed by atoms with E-state index in [9.17, 15) is 9.59 Å².